The van der Waals surface area contributed by atoms with Gasteiger partial charge in [-0.1, -0.05) is 19.8 Å². The van der Waals surface area contributed by atoms with Crippen molar-refractivity contribution in [1.29, 1.82) is 0 Å². The molecule has 2 amide bonds. The Morgan fingerprint density at radius 2 is 2.07 bits per heavy atom. The van der Waals surface area contributed by atoms with Crippen LogP contribution in [0.3, 0.4) is 0 Å². The lowest BCUT2D eigenvalue weighted by atomic mass is 10.1. The monoisotopic (exact) mass is 419 g/mol. The van der Waals surface area contributed by atoms with Crippen LogP contribution in [0.4, 0.5) is 0 Å². The van der Waals surface area contributed by atoms with Crippen LogP contribution in [0.5, 0.6) is 0 Å². The number of rotatable bonds is 9. The maximum atomic E-state index is 12.6. The molecule has 1 aromatic carbocycles. The number of nitrogens with one attached hydrogen (secondary N) is 1. The van der Waals surface area contributed by atoms with E-state index in [1.807, 2.05) is 6.92 Å². The summed E-state index contributed by atoms with van der Waals surface area (Å²) >= 11 is 0. The van der Waals surface area contributed by atoms with E-state index in [9.17, 15) is 18.0 Å². The summed E-state index contributed by atoms with van der Waals surface area (Å²) in [6, 6.07) is 3.90. The molecule has 1 aromatic rings. The van der Waals surface area contributed by atoms with Crippen LogP contribution in [-0.2, 0) is 14.8 Å². The fraction of sp³-hybridized carbons (Fsp3) is 0.529. The zero-order chi connectivity index (χ0) is 19.3. The number of benzene rings is 1. The minimum absolute atomic E-state index is 0. The van der Waals surface area contributed by atoms with E-state index in [0.717, 1.165) is 23.6 Å². The van der Waals surface area contributed by atoms with Crippen LogP contribution >= 0.6 is 12.4 Å². The van der Waals surface area contributed by atoms with E-state index in [1.165, 1.54) is 25.3 Å². The molecule has 8 nitrogen and oxygen atoms in total. The van der Waals surface area contributed by atoms with Crippen LogP contribution in [0.25, 0.3) is 0 Å². The Hall–Kier alpha value is -1.68. The van der Waals surface area contributed by atoms with Crippen molar-refractivity contribution >= 4 is 34.2 Å². The lowest BCUT2D eigenvalue weighted by Crippen LogP contribution is -2.40. The van der Waals surface area contributed by atoms with E-state index in [1.54, 1.807) is 0 Å². The molecule has 0 fully saturated rings. The van der Waals surface area contributed by atoms with Crippen molar-refractivity contribution in [2.24, 2.45) is 5.73 Å². The Morgan fingerprint density at radius 3 is 2.67 bits per heavy atom. The minimum atomic E-state index is -3.97. The first kappa shape index (κ1) is 23.4. The number of hydrogen-bond donors (Lipinski definition) is 2. The zero-order valence-electron chi connectivity index (χ0n) is 15.4. The van der Waals surface area contributed by atoms with Gasteiger partial charge in [0.1, 0.15) is 4.90 Å². The number of halogens is 1. The fourth-order valence-electron chi connectivity index (χ4n) is 2.78. The third kappa shape index (κ3) is 4.98. The summed E-state index contributed by atoms with van der Waals surface area (Å²) in [4.78, 5) is 24.6. The Balaban J connectivity index is 0.00000364. The molecule has 1 atom stereocenters. The van der Waals surface area contributed by atoms with Gasteiger partial charge in [0.2, 0.25) is 0 Å². The number of sulfonamides is 1. The average molecular weight is 420 g/mol. The first-order valence-corrected chi connectivity index (χ1v) is 10.0. The van der Waals surface area contributed by atoms with Crippen molar-refractivity contribution in [3.05, 3.63) is 29.3 Å². The summed E-state index contributed by atoms with van der Waals surface area (Å²) < 4.78 is 30.8. The number of nitrogens with zero attached hydrogens (tertiary/aromatic N) is 1. The normalized spacial score (nSPS) is 15.8. The molecule has 0 aromatic heterocycles. The molecular formula is C17H26ClN3O5S. The highest BCUT2D eigenvalue weighted by atomic mass is 35.5. The van der Waals surface area contributed by atoms with Crippen molar-refractivity contribution in [3.63, 3.8) is 0 Å². The van der Waals surface area contributed by atoms with Gasteiger partial charge in [-0.15, -0.1) is 12.4 Å². The molecule has 1 unspecified atom stereocenters. The number of carbonyl (C=O) groups is 2. The highest BCUT2D eigenvalue weighted by Gasteiger charge is 2.41. The van der Waals surface area contributed by atoms with E-state index in [-0.39, 0.29) is 47.6 Å². The number of nitrogens with two attached hydrogens (primary N) is 1. The molecule has 0 aliphatic carbocycles. The van der Waals surface area contributed by atoms with Gasteiger partial charge >= 0.3 is 0 Å². The largest absolute Gasteiger partial charge is 0.383 e. The molecule has 0 spiro atoms. The summed E-state index contributed by atoms with van der Waals surface area (Å²) in [6.07, 6.45) is 2.68. The number of hydrogen-bond acceptors (Lipinski definition) is 6. The topological polar surface area (TPSA) is 119 Å². The lowest BCUT2D eigenvalue weighted by Gasteiger charge is -2.16. The molecule has 0 bridgehead atoms. The number of fused-ring (bicyclic) bond motifs is 1. The number of methoxy groups -OCH3 is 1. The molecule has 1 aliphatic heterocycles. The molecular weight excluding hydrogens is 394 g/mol. The Bertz CT molecular complexity index is 785. The molecule has 1 heterocycles. The maximum absolute atomic E-state index is 12.6. The quantitative estimate of drug-likeness (QED) is 0.619. The van der Waals surface area contributed by atoms with Gasteiger partial charge in [0.25, 0.3) is 21.8 Å². The second-order valence-electron chi connectivity index (χ2n) is 6.13. The summed E-state index contributed by atoms with van der Waals surface area (Å²) in [5.41, 5.74) is 5.93. The van der Waals surface area contributed by atoms with Crippen LogP contribution in [-0.4, -0.2) is 57.4 Å². The van der Waals surface area contributed by atoms with Crippen LogP contribution in [0.1, 0.15) is 46.9 Å². The molecule has 27 heavy (non-hydrogen) atoms. The number of amides is 2. The molecule has 1 aliphatic rings. The van der Waals surface area contributed by atoms with Crippen molar-refractivity contribution in [2.45, 2.75) is 37.1 Å². The molecule has 152 valence electrons. The molecule has 0 radical (unpaired) electrons. The van der Waals surface area contributed by atoms with E-state index in [4.69, 9.17) is 10.5 Å². The molecule has 0 saturated carbocycles. The van der Waals surface area contributed by atoms with Crippen molar-refractivity contribution in [1.82, 2.24) is 9.62 Å². The van der Waals surface area contributed by atoms with Gasteiger partial charge in [0, 0.05) is 25.3 Å². The fourth-order valence-corrected chi connectivity index (χ4v) is 4.36. The SMILES string of the molecule is CCCCC(CN)NC(=O)c1ccc2c(c1)S(=O)(=O)N(CCOC)C2=O.Cl. The predicted octanol–water partition coefficient (Wildman–Crippen LogP) is 1.15. The Morgan fingerprint density at radius 1 is 1.37 bits per heavy atom. The highest BCUT2D eigenvalue weighted by molar-refractivity contribution is 7.90. The van der Waals surface area contributed by atoms with E-state index in [2.05, 4.69) is 5.32 Å². The molecule has 10 heteroatoms. The molecule has 2 rings (SSSR count). The molecule has 3 N–H and O–H groups in total. The Labute approximate surface area is 165 Å². The third-order valence-electron chi connectivity index (χ3n) is 4.29. The van der Waals surface area contributed by atoms with Gasteiger partial charge < -0.3 is 15.8 Å². The number of ether oxygens (including phenoxy) is 1. The average Bonchev–Trinajstić information content (AvgIpc) is 2.82. The van der Waals surface area contributed by atoms with E-state index >= 15 is 0 Å². The number of unbranched alkanes of at least 4 members (excludes halogenated alkanes) is 1. The van der Waals surface area contributed by atoms with Gasteiger partial charge in [0.05, 0.1) is 18.7 Å². The summed E-state index contributed by atoms with van der Waals surface area (Å²) in [5, 5.41) is 2.82. The number of carbonyl (C=O) groups excluding carboxylic acids is 2. The van der Waals surface area contributed by atoms with Crippen molar-refractivity contribution in [2.75, 3.05) is 26.8 Å². The van der Waals surface area contributed by atoms with Crippen LogP contribution in [0.2, 0.25) is 0 Å². The van der Waals surface area contributed by atoms with Gasteiger partial charge in [-0.3, -0.25) is 9.59 Å². The van der Waals surface area contributed by atoms with Gasteiger partial charge in [0.15, 0.2) is 0 Å². The van der Waals surface area contributed by atoms with Gasteiger partial charge in [-0.05, 0) is 24.6 Å². The van der Waals surface area contributed by atoms with Crippen molar-refractivity contribution < 1.29 is 22.7 Å². The first-order valence-electron chi connectivity index (χ1n) is 8.57. The summed E-state index contributed by atoms with van der Waals surface area (Å²) in [5.74, 6) is -1.01. The van der Waals surface area contributed by atoms with Crippen LogP contribution in [0.15, 0.2) is 23.1 Å². The summed E-state index contributed by atoms with van der Waals surface area (Å²) in [6.45, 7) is 2.38. The lowest BCUT2D eigenvalue weighted by molar-refractivity contribution is 0.0835. The van der Waals surface area contributed by atoms with Gasteiger partial charge in [-0.2, -0.15) is 0 Å². The Kier molecular flexibility index (Phi) is 8.67. The molecule has 0 saturated heterocycles. The highest BCUT2D eigenvalue weighted by Crippen LogP contribution is 2.30. The van der Waals surface area contributed by atoms with E-state index in [0.29, 0.717) is 6.54 Å². The van der Waals surface area contributed by atoms with Crippen LogP contribution in [0, 0.1) is 0 Å². The standard InChI is InChI=1S/C17H25N3O5S.ClH/c1-3-4-5-13(11-18)19-16(21)12-6-7-14-15(10-12)26(23,24)20(17(14)22)8-9-25-2;/h6-7,10,13H,3-5,8-9,11,18H2,1-2H3,(H,19,21);1H. The maximum Gasteiger partial charge on any atom is 0.269 e. The minimum Gasteiger partial charge on any atom is -0.383 e. The van der Waals surface area contributed by atoms with Crippen molar-refractivity contribution in [3.8, 4) is 0 Å². The zero-order valence-corrected chi connectivity index (χ0v) is 17.1. The second-order valence-corrected chi connectivity index (χ2v) is 7.97. The first-order chi connectivity index (χ1) is 12.4. The predicted molar refractivity (Wildman–Crippen MR) is 104 cm³/mol. The third-order valence-corrected chi connectivity index (χ3v) is 6.12. The van der Waals surface area contributed by atoms with Crippen LogP contribution < -0.4 is 11.1 Å². The van der Waals surface area contributed by atoms with Gasteiger partial charge in [-0.25, -0.2) is 12.7 Å². The second kappa shape index (κ2) is 10.0. The smallest absolute Gasteiger partial charge is 0.269 e. The summed E-state index contributed by atoms with van der Waals surface area (Å²) in [7, 11) is -2.55. The van der Waals surface area contributed by atoms with E-state index < -0.39 is 21.8 Å².